The Hall–Kier alpha value is -4.40. The average Bonchev–Trinajstić information content (AvgIpc) is 3.43. The molecule has 0 aliphatic heterocycles. The van der Waals surface area contributed by atoms with Crippen LogP contribution in [-0.2, 0) is 23.1 Å². The van der Waals surface area contributed by atoms with E-state index in [2.05, 4.69) is 30.6 Å². The van der Waals surface area contributed by atoms with Crippen molar-refractivity contribution < 1.29 is 27.9 Å². The summed E-state index contributed by atoms with van der Waals surface area (Å²) < 4.78 is 40.4. The van der Waals surface area contributed by atoms with Crippen LogP contribution in [0.1, 0.15) is 35.5 Å². The first-order valence-electron chi connectivity index (χ1n) is 10.4. The molecule has 1 amide bonds. The molecule has 0 aliphatic carbocycles. The molecule has 188 valence electrons. The summed E-state index contributed by atoms with van der Waals surface area (Å²) in [6.07, 6.45) is 1.44. The van der Waals surface area contributed by atoms with Crippen molar-refractivity contribution in [2.24, 2.45) is 0 Å². The molecule has 0 aliphatic rings. The van der Waals surface area contributed by atoms with Crippen molar-refractivity contribution in [1.82, 2.24) is 34.5 Å². The minimum atomic E-state index is -4.68. The number of amides is 1. The van der Waals surface area contributed by atoms with Gasteiger partial charge in [-0.1, -0.05) is 5.21 Å². The molecule has 4 rings (SSSR count). The Kier molecular flexibility index (Phi) is 6.17. The molecule has 4 N–H and O–H groups in total. The maximum atomic E-state index is 13.4. The largest absolute Gasteiger partial charge is 0.436 e. The number of aliphatic hydroxyl groups excluding tert-OH is 1. The molecule has 0 aromatic carbocycles. The van der Waals surface area contributed by atoms with Crippen LogP contribution in [0.3, 0.4) is 0 Å². The monoisotopic (exact) mass is 503 g/mol. The quantitative estimate of drug-likeness (QED) is 0.318. The fourth-order valence-electron chi connectivity index (χ4n) is 3.38. The van der Waals surface area contributed by atoms with Gasteiger partial charge in [-0.25, -0.2) is 9.67 Å². The number of rotatable bonds is 7. The van der Waals surface area contributed by atoms with E-state index >= 15 is 0 Å². The Bertz CT molecular complexity index is 1460. The van der Waals surface area contributed by atoms with Gasteiger partial charge in [0.25, 0.3) is 0 Å². The van der Waals surface area contributed by atoms with Gasteiger partial charge >= 0.3 is 6.18 Å². The van der Waals surface area contributed by atoms with Crippen molar-refractivity contribution in [1.29, 1.82) is 0 Å². The predicted octanol–water partition coefficient (Wildman–Crippen LogP) is 1.62. The van der Waals surface area contributed by atoms with Gasteiger partial charge in [-0.3, -0.25) is 14.6 Å². The van der Waals surface area contributed by atoms with Gasteiger partial charge in [0.15, 0.2) is 11.5 Å². The van der Waals surface area contributed by atoms with Gasteiger partial charge in [0.1, 0.15) is 12.2 Å². The van der Waals surface area contributed by atoms with Crippen molar-refractivity contribution in [2.45, 2.75) is 32.1 Å². The predicted molar refractivity (Wildman–Crippen MR) is 120 cm³/mol. The van der Waals surface area contributed by atoms with Gasteiger partial charge < -0.3 is 20.7 Å². The molecule has 0 saturated heterocycles. The number of nitrogens with two attached hydrogens (primary N) is 1. The van der Waals surface area contributed by atoms with Gasteiger partial charge in [-0.05, 0) is 19.9 Å². The summed E-state index contributed by atoms with van der Waals surface area (Å²) in [7, 11) is 0. The molecule has 15 heteroatoms. The number of ketones is 1. The second-order valence-corrected chi connectivity index (χ2v) is 8.49. The Morgan fingerprint density at radius 2 is 1.92 bits per heavy atom. The van der Waals surface area contributed by atoms with Crippen LogP contribution in [0.15, 0.2) is 37.1 Å². The molecule has 0 radical (unpaired) electrons. The van der Waals surface area contributed by atoms with E-state index in [4.69, 9.17) is 5.73 Å². The molecule has 0 atom stereocenters. The lowest BCUT2D eigenvalue weighted by atomic mass is 10.1. The summed E-state index contributed by atoms with van der Waals surface area (Å²) in [4.78, 5) is 37.8. The molecule has 0 unspecified atom stereocenters. The third-order valence-corrected chi connectivity index (χ3v) is 5.27. The molecule has 0 bridgehead atoms. The normalized spacial score (nSPS) is 12.2. The third kappa shape index (κ3) is 4.86. The molecular formula is C21H20F3N9O3. The maximum Gasteiger partial charge on any atom is 0.436 e. The standard InChI is InChI=1S/C21H20F3N9O3/c1-20(2,10-34)33-7-14(13-6-27-19(25)29-18(13)33)17(36)11-3-12(5-26-4-11)28-16(35)9-32-8-15(30-31-32)21(22,23)24/h3-8,34H,9-10H2,1-2H3,(H,28,35)(H2,25,27,29). The Morgan fingerprint density at radius 1 is 1.17 bits per heavy atom. The Labute approximate surface area is 201 Å². The maximum absolute atomic E-state index is 13.4. The fraction of sp³-hybridized carbons (Fsp3) is 0.286. The van der Waals surface area contributed by atoms with Crippen molar-refractivity contribution in [3.8, 4) is 0 Å². The molecular weight excluding hydrogens is 483 g/mol. The minimum Gasteiger partial charge on any atom is -0.394 e. The average molecular weight is 503 g/mol. The molecule has 4 aromatic heterocycles. The van der Waals surface area contributed by atoms with E-state index in [9.17, 15) is 27.9 Å². The van der Waals surface area contributed by atoms with Gasteiger partial charge in [0.2, 0.25) is 11.9 Å². The molecule has 12 nitrogen and oxygen atoms in total. The molecule has 36 heavy (non-hydrogen) atoms. The first-order valence-corrected chi connectivity index (χ1v) is 10.4. The van der Waals surface area contributed by atoms with E-state index in [-0.39, 0.29) is 29.4 Å². The van der Waals surface area contributed by atoms with E-state index in [0.29, 0.717) is 17.2 Å². The number of nitrogens with zero attached hydrogens (tertiary/aromatic N) is 7. The van der Waals surface area contributed by atoms with Crippen LogP contribution in [0.5, 0.6) is 0 Å². The number of alkyl halides is 3. The van der Waals surface area contributed by atoms with Gasteiger partial charge in [0, 0.05) is 29.5 Å². The van der Waals surface area contributed by atoms with Crippen LogP contribution >= 0.6 is 0 Å². The SMILES string of the molecule is CC(C)(CO)n1cc(C(=O)c2cncc(NC(=O)Cn3cc(C(F)(F)F)nn3)c2)c2cnc(N)nc21. The number of aliphatic hydroxyl groups is 1. The zero-order valence-corrected chi connectivity index (χ0v) is 19.0. The number of halogens is 3. The first-order chi connectivity index (χ1) is 16.9. The minimum absolute atomic E-state index is 0.00398. The van der Waals surface area contributed by atoms with E-state index in [0.717, 1.165) is 4.68 Å². The number of anilines is 2. The van der Waals surface area contributed by atoms with Crippen LogP contribution in [-0.4, -0.2) is 57.9 Å². The van der Waals surface area contributed by atoms with E-state index < -0.39 is 35.6 Å². The van der Waals surface area contributed by atoms with Crippen LogP contribution in [0, 0.1) is 0 Å². The smallest absolute Gasteiger partial charge is 0.394 e. The number of hydrogen-bond donors (Lipinski definition) is 3. The zero-order valence-electron chi connectivity index (χ0n) is 19.0. The van der Waals surface area contributed by atoms with E-state index in [1.807, 2.05) is 0 Å². The van der Waals surface area contributed by atoms with Crippen LogP contribution in [0.25, 0.3) is 11.0 Å². The van der Waals surface area contributed by atoms with Crippen molar-refractivity contribution in [3.05, 3.63) is 53.9 Å². The van der Waals surface area contributed by atoms with Crippen molar-refractivity contribution in [2.75, 3.05) is 17.7 Å². The van der Waals surface area contributed by atoms with Gasteiger partial charge in [-0.2, -0.15) is 18.2 Å². The number of nitrogen functional groups attached to an aromatic ring is 1. The summed E-state index contributed by atoms with van der Waals surface area (Å²) in [5.41, 5.74) is 4.52. The van der Waals surface area contributed by atoms with Crippen LogP contribution in [0.2, 0.25) is 0 Å². The van der Waals surface area contributed by atoms with Gasteiger partial charge in [0.05, 0.1) is 35.8 Å². The number of pyridine rings is 1. The highest BCUT2D eigenvalue weighted by molar-refractivity contribution is 6.16. The number of carbonyl (C=O) groups excluding carboxylic acids is 2. The van der Waals surface area contributed by atoms with Crippen molar-refractivity contribution in [3.63, 3.8) is 0 Å². The lowest BCUT2D eigenvalue weighted by Gasteiger charge is -2.24. The summed E-state index contributed by atoms with van der Waals surface area (Å²) in [6, 6.07) is 1.37. The second-order valence-electron chi connectivity index (χ2n) is 8.49. The first kappa shape index (κ1) is 24.7. The fourth-order valence-corrected chi connectivity index (χ4v) is 3.38. The highest BCUT2D eigenvalue weighted by atomic mass is 19.4. The summed E-state index contributed by atoms with van der Waals surface area (Å²) >= 11 is 0. The molecule has 4 heterocycles. The second kappa shape index (κ2) is 8.99. The summed E-state index contributed by atoms with van der Waals surface area (Å²) in [5.74, 6) is -1.17. The lowest BCUT2D eigenvalue weighted by Crippen LogP contribution is -2.30. The highest BCUT2D eigenvalue weighted by Gasteiger charge is 2.34. The number of fused-ring (bicyclic) bond motifs is 1. The summed E-state index contributed by atoms with van der Waals surface area (Å²) in [5, 5.41) is 19.0. The topological polar surface area (TPSA) is 167 Å². The highest BCUT2D eigenvalue weighted by Crippen LogP contribution is 2.29. The van der Waals surface area contributed by atoms with E-state index in [1.165, 1.54) is 30.9 Å². The number of aromatic nitrogens is 7. The zero-order chi connectivity index (χ0) is 26.3. The third-order valence-electron chi connectivity index (χ3n) is 5.27. The van der Waals surface area contributed by atoms with Crippen molar-refractivity contribution >= 4 is 34.4 Å². The Balaban J connectivity index is 1.59. The van der Waals surface area contributed by atoms with Crippen LogP contribution < -0.4 is 11.1 Å². The van der Waals surface area contributed by atoms with E-state index in [1.54, 1.807) is 18.4 Å². The molecule has 4 aromatic rings. The van der Waals surface area contributed by atoms with Gasteiger partial charge in [-0.15, -0.1) is 5.10 Å². The number of nitrogens with one attached hydrogen (secondary N) is 1. The van der Waals surface area contributed by atoms with Crippen LogP contribution in [0.4, 0.5) is 24.8 Å². The number of hydrogen-bond acceptors (Lipinski definition) is 9. The molecule has 0 fully saturated rings. The lowest BCUT2D eigenvalue weighted by molar-refractivity contribution is -0.141. The Morgan fingerprint density at radius 3 is 2.58 bits per heavy atom. The molecule has 0 spiro atoms. The summed E-state index contributed by atoms with van der Waals surface area (Å²) in [6.45, 7) is 2.73. The number of carbonyl (C=O) groups is 2. The molecule has 0 saturated carbocycles.